The summed E-state index contributed by atoms with van der Waals surface area (Å²) >= 11 is 0. The third-order valence-corrected chi connectivity index (χ3v) is 4.01. The molecule has 0 saturated carbocycles. The molecule has 0 aromatic heterocycles. The number of anilines is 1. The van der Waals surface area contributed by atoms with Gasteiger partial charge in [-0.05, 0) is 37.6 Å². The Labute approximate surface area is 147 Å². The maximum Gasteiger partial charge on any atom is 0.321 e. The van der Waals surface area contributed by atoms with Gasteiger partial charge in [-0.3, -0.25) is 4.79 Å². The summed E-state index contributed by atoms with van der Waals surface area (Å²) in [7, 11) is 0. The second-order valence-electron chi connectivity index (χ2n) is 5.84. The summed E-state index contributed by atoms with van der Waals surface area (Å²) in [6.45, 7) is 7.63. The van der Waals surface area contributed by atoms with Crippen LogP contribution in [-0.2, 0) is 9.53 Å². The largest absolute Gasteiger partial charge is 0.368 e. The van der Waals surface area contributed by atoms with E-state index < -0.39 is 6.10 Å². The Morgan fingerprint density at radius 2 is 1.84 bits per heavy atom. The third kappa shape index (κ3) is 5.56. The Morgan fingerprint density at radius 3 is 2.44 bits per heavy atom. The van der Waals surface area contributed by atoms with E-state index in [1.54, 1.807) is 22.8 Å². The molecule has 7 heteroatoms. The number of hydrogen-bond acceptors (Lipinski definition) is 3. The molecule has 1 unspecified atom stereocenters. The van der Waals surface area contributed by atoms with Gasteiger partial charge >= 0.3 is 6.03 Å². The maximum absolute atomic E-state index is 12.9. The topological polar surface area (TPSA) is 61.9 Å². The first-order chi connectivity index (χ1) is 12.0. The molecule has 0 aliphatic carbocycles. The number of carbonyl (C=O) groups is 2. The molecule has 25 heavy (non-hydrogen) atoms. The van der Waals surface area contributed by atoms with Crippen molar-refractivity contribution in [2.45, 2.75) is 19.4 Å². The molecule has 1 aliphatic heterocycles. The van der Waals surface area contributed by atoms with Crippen molar-refractivity contribution in [1.82, 2.24) is 9.80 Å². The first kappa shape index (κ1) is 18.9. The molecule has 0 spiro atoms. The van der Waals surface area contributed by atoms with Crippen LogP contribution in [-0.4, -0.2) is 60.6 Å². The van der Waals surface area contributed by atoms with Crippen LogP contribution >= 0.6 is 0 Å². The second-order valence-corrected chi connectivity index (χ2v) is 5.84. The molecular formula is C18H24FN3O3. The van der Waals surface area contributed by atoms with E-state index in [1.165, 1.54) is 24.3 Å². The normalized spacial score (nSPS) is 15.6. The van der Waals surface area contributed by atoms with Gasteiger partial charge in [-0.25, -0.2) is 9.18 Å². The van der Waals surface area contributed by atoms with Crippen molar-refractivity contribution in [3.63, 3.8) is 0 Å². The van der Waals surface area contributed by atoms with Gasteiger partial charge in [-0.1, -0.05) is 6.08 Å². The van der Waals surface area contributed by atoms with E-state index in [4.69, 9.17) is 4.74 Å². The van der Waals surface area contributed by atoms with Gasteiger partial charge in [-0.15, -0.1) is 6.58 Å². The zero-order chi connectivity index (χ0) is 18.2. The highest BCUT2D eigenvalue weighted by Crippen LogP contribution is 2.11. The molecular weight excluding hydrogens is 325 g/mol. The van der Waals surface area contributed by atoms with E-state index in [1.807, 2.05) is 0 Å². The lowest BCUT2D eigenvalue weighted by atomic mass is 10.2. The summed E-state index contributed by atoms with van der Waals surface area (Å²) in [6, 6.07) is 5.35. The van der Waals surface area contributed by atoms with Crippen molar-refractivity contribution in [3.8, 4) is 0 Å². The lowest BCUT2D eigenvalue weighted by Gasteiger charge is -2.35. The van der Waals surface area contributed by atoms with Crippen molar-refractivity contribution < 1.29 is 18.7 Å². The molecule has 1 aromatic rings. The number of nitrogens with one attached hydrogen (secondary N) is 1. The fourth-order valence-electron chi connectivity index (χ4n) is 2.52. The molecule has 1 fully saturated rings. The van der Waals surface area contributed by atoms with Gasteiger partial charge in [0.05, 0.1) is 6.61 Å². The number of amides is 3. The molecule has 1 aromatic carbocycles. The molecule has 1 heterocycles. The molecule has 3 amide bonds. The van der Waals surface area contributed by atoms with Crippen LogP contribution in [0.1, 0.15) is 13.3 Å². The third-order valence-electron chi connectivity index (χ3n) is 4.01. The van der Waals surface area contributed by atoms with E-state index in [0.717, 1.165) is 0 Å². The van der Waals surface area contributed by atoms with Crippen LogP contribution < -0.4 is 5.32 Å². The SMILES string of the molecule is C=CCCOC(C)C(=O)N1CCN(C(=O)Nc2ccc(F)cc2)CC1. The lowest BCUT2D eigenvalue weighted by molar-refractivity contribution is -0.143. The van der Waals surface area contributed by atoms with Gasteiger partial charge in [0.25, 0.3) is 5.91 Å². The maximum atomic E-state index is 12.9. The van der Waals surface area contributed by atoms with Crippen LogP contribution in [0, 0.1) is 5.82 Å². The molecule has 6 nitrogen and oxygen atoms in total. The molecule has 0 radical (unpaired) electrons. The summed E-state index contributed by atoms with van der Waals surface area (Å²) in [5.74, 6) is -0.419. The van der Waals surface area contributed by atoms with Gasteiger partial charge < -0.3 is 19.9 Å². The van der Waals surface area contributed by atoms with Gasteiger partial charge in [-0.2, -0.15) is 0 Å². The second kappa shape index (κ2) is 9.17. The quantitative estimate of drug-likeness (QED) is 0.634. The minimum absolute atomic E-state index is 0.0670. The van der Waals surface area contributed by atoms with Crippen molar-refractivity contribution in [1.29, 1.82) is 0 Å². The first-order valence-electron chi connectivity index (χ1n) is 8.34. The highest BCUT2D eigenvalue weighted by molar-refractivity contribution is 5.89. The predicted octanol–water partition coefficient (Wildman–Crippen LogP) is 2.48. The molecule has 1 N–H and O–H groups in total. The van der Waals surface area contributed by atoms with Crippen LogP contribution in [0.4, 0.5) is 14.9 Å². The highest BCUT2D eigenvalue weighted by atomic mass is 19.1. The Kier molecular flexibility index (Phi) is 6.94. The van der Waals surface area contributed by atoms with Gasteiger partial charge in [0.1, 0.15) is 11.9 Å². The highest BCUT2D eigenvalue weighted by Gasteiger charge is 2.27. The molecule has 0 bridgehead atoms. The average molecular weight is 349 g/mol. The summed E-state index contributed by atoms with van der Waals surface area (Å²) < 4.78 is 18.4. The molecule has 136 valence electrons. The summed E-state index contributed by atoms with van der Waals surface area (Å²) in [6.07, 6.45) is 1.95. The summed E-state index contributed by atoms with van der Waals surface area (Å²) in [4.78, 5) is 27.9. The van der Waals surface area contributed by atoms with Crippen molar-refractivity contribution in [3.05, 3.63) is 42.7 Å². The predicted molar refractivity (Wildman–Crippen MR) is 93.8 cm³/mol. The van der Waals surface area contributed by atoms with Crippen molar-refractivity contribution >= 4 is 17.6 Å². The summed E-state index contributed by atoms with van der Waals surface area (Å²) in [5.41, 5.74) is 0.536. The van der Waals surface area contributed by atoms with E-state index in [9.17, 15) is 14.0 Å². The Balaban J connectivity index is 1.78. The van der Waals surface area contributed by atoms with Crippen LogP contribution in [0.25, 0.3) is 0 Å². The minimum Gasteiger partial charge on any atom is -0.368 e. The first-order valence-corrected chi connectivity index (χ1v) is 8.34. The molecule has 2 rings (SSSR count). The number of rotatable bonds is 6. The van der Waals surface area contributed by atoms with Gasteiger partial charge in [0.2, 0.25) is 0 Å². The Hall–Kier alpha value is -2.41. The summed E-state index contributed by atoms with van der Waals surface area (Å²) in [5, 5.41) is 2.72. The Morgan fingerprint density at radius 1 is 1.24 bits per heavy atom. The number of ether oxygens (including phenoxy) is 1. The molecule has 1 saturated heterocycles. The zero-order valence-electron chi connectivity index (χ0n) is 14.4. The van der Waals surface area contributed by atoms with Crippen LogP contribution in [0.2, 0.25) is 0 Å². The van der Waals surface area contributed by atoms with Crippen molar-refractivity contribution in [2.24, 2.45) is 0 Å². The molecule has 1 aliphatic rings. The van der Waals surface area contributed by atoms with E-state index in [-0.39, 0.29) is 17.8 Å². The van der Waals surface area contributed by atoms with Gasteiger partial charge in [0, 0.05) is 31.9 Å². The van der Waals surface area contributed by atoms with Gasteiger partial charge in [0.15, 0.2) is 0 Å². The smallest absolute Gasteiger partial charge is 0.321 e. The number of benzene rings is 1. The minimum atomic E-state index is -0.500. The van der Waals surface area contributed by atoms with Crippen molar-refractivity contribution in [2.75, 3.05) is 38.1 Å². The zero-order valence-corrected chi connectivity index (χ0v) is 14.4. The standard InChI is InChI=1S/C18H24FN3O3/c1-3-4-13-25-14(2)17(23)21-9-11-22(12-10-21)18(24)20-16-7-5-15(19)6-8-16/h3,5-8,14H,1,4,9-13H2,2H3,(H,20,24). The van der Waals surface area contributed by atoms with E-state index >= 15 is 0 Å². The number of hydrogen-bond donors (Lipinski definition) is 1. The number of carbonyl (C=O) groups excluding carboxylic acids is 2. The van der Waals surface area contributed by atoms with Crippen LogP contribution in [0.3, 0.4) is 0 Å². The fraction of sp³-hybridized carbons (Fsp3) is 0.444. The monoisotopic (exact) mass is 349 g/mol. The average Bonchev–Trinajstić information content (AvgIpc) is 2.63. The number of nitrogens with zero attached hydrogens (tertiary/aromatic N) is 2. The van der Waals surface area contributed by atoms with E-state index in [2.05, 4.69) is 11.9 Å². The number of halogens is 1. The Bertz CT molecular complexity index is 598. The lowest BCUT2D eigenvalue weighted by Crippen LogP contribution is -2.53. The van der Waals surface area contributed by atoms with E-state index in [0.29, 0.717) is 44.9 Å². The fourth-order valence-corrected chi connectivity index (χ4v) is 2.52. The number of piperazine rings is 1. The number of urea groups is 1. The van der Waals surface area contributed by atoms with Crippen LogP contribution in [0.15, 0.2) is 36.9 Å². The molecule has 1 atom stereocenters. The van der Waals surface area contributed by atoms with Crippen LogP contribution in [0.5, 0.6) is 0 Å².